The third-order valence-electron chi connectivity index (χ3n) is 1.97. The Morgan fingerprint density at radius 3 is 2.71 bits per heavy atom. The van der Waals surface area contributed by atoms with Crippen LogP contribution in [-0.4, -0.2) is 17.4 Å². The fraction of sp³-hybridized carbons (Fsp3) is 0.400. The number of hydrogen-bond acceptors (Lipinski definition) is 3. The summed E-state index contributed by atoms with van der Waals surface area (Å²) >= 11 is 0. The lowest BCUT2D eigenvalue weighted by molar-refractivity contribution is -0.606. The topological polar surface area (TPSA) is 71.0 Å². The second kappa shape index (κ2) is 4.72. The molecule has 4 heteroatoms. The monoisotopic (exact) mass is 194 g/mol. The SMILES string of the molecule is CCc1cc(CC(=N)CO)c[n+]([O-])c1. The molecular formula is C10H14N2O2. The molecule has 0 aliphatic carbocycles. The standard InChI is InChI=1S/C10H14N2O2/c1-2-8-3-9(4-10(11)7-13)6-12(14)5-8/h3,5-6,11,13H,2,4,7H2,1H3. The van der Waals surface area contributed by atoms with E-state index in [1.54, 1.807) is 0 Å². The van der Waals surface area contributed by atoms with Crippen LogP contribution >= 0.6 is 0 Å². The lowest BCUT2D eigenvalue weighted by atomic mass is 10.1. The minimum absolute atomic E-state index is 0.221. The molecule has 0 aromatic carbocycles. The molecule has 0 aliphatic rings. The van der Waals surface area contributed by atoms with Gasteiger partial charge in [-0.1, -0.05) is 6.92 Å². The van der Waals surface area contributed by atoms with Gasteiger partial charge in [0.2, 0.25) is 0 Å². The molecule has 76 valence electrons. The normalized spacial score (nSPS) is 10.1. The molecule has 0 fully saturated rings. The number of nitrogens with zero attached hydrogens (tertiary/aromatic N) is 1. The van der Waals surface area contributed by atoms with Crippen LogP contribution in [0.3, 0.4) is 0 Å². The summed E-state index contributed by atoms with van der Waals surface area (Å²) in [5.41, 5.74) is 1.94. The van der Waals surface area contributed by atoms with Gasteiger partial charge < -0.3 is 15.7 Å². The van der Waals surface area contributed by atoms with E-state index in [1.807, 2.05) is 13.0 Å². The van der Waals surface area contributed by atoms with Crippen LogP contribution in [0.5, 0.6) is 0 Å². The van der Waals surface area contributed by atoms with Crippen LogP contribution in [-0.2, 0) is 12.8 Å². The smallest absolute Gasteiger partial charge is 0.183 e. The van der Waals surface area contributed by atoms with Gasteiger partial charge in [0.25, 0.3) is 0 Å². The summed E-state index contributed by atoms with van der Waals surface area (Å²) in [6.07, 6.45) is 4.09. The van der Waals surface area contributed by atoms with E-state index in [0.717, 1.165) is 22.3 Å². The van der Waals surface area contributed by atoms with Gasteiger partial charge in [-0.05, 0) is 12.5 Å². The third kappa shape index (κ3) is 2.81. The summed E-state index contributed by atoms with van der Waals surface area (Å²) in [5.74, 6) is 0. The molecule has 1 heterocycles. The van der Waals surface area contributed by atoms with Gasteiger partial charge in [-0.3, -0.25) is 0 Å². The van der Waals surface area contributed by atoms with Gasteiger partial charge in [0, 0.05) is 23.3 Å². The molecule has 0 spiro atoms. The molecule has 0 saturated heterocycles. The first-order valence-corrected chi connectivity index (χ1v) is 4.54. The van der Waals surface area contributed by atoms with Crippen LogP contribution in [0.15, 0.2) is 18.5 Å². The van der Waals surface area contributed by atoms with E-state index in [4.69, 9.17) is 10.5 Å². The number of nitrogens with one attached hydrogen (secondary N) is 1. The van der Waals surface area contributed by atoms with E-state index in [1.165, 1.54) is 12.4 Å². The van der Waals surface area contributed by atoms with E-state index in [2.05, 4.69) is 0 Å². The molecule has 1 aromatic rings. The summed E-state index contributed by atoms with van der Waals surface area (Å²) in [6, 6.07) is 1.89. The molecule has 0 bridgehead atoms. The zero-order valence-corrected chi connectivity index (χ0v) is 8.16. The summed E-state index contributed by atoms with van der Waals surface area (Å²) < 4.78 is 0.749. The number of aryl methyl sites for hydroxylation is 1. The van der Waals surface area contributed by atoms with E-state index in [9.17, 15) is 5.21 Å². The van der Waals surface area contributed by atoms with Crippen LogP contribution in [0.25, 0.3) is 0 Å². The summed E-state index contributed by atoms with van der Waals surface area (Å²) in [6.45, 7) is 1.71. The first-order chi connectivity index (χ1) is 6.65. The molecule has 0 unspecified atom stereocenters. The Morgan fingerprint density at radius 1 is 1.50 bits per heavy atom. The summed E-state index contributed by atoms with van der Waals surface area (Å²) in [4.78, 5) is 0. The van der Waals surface area contributed by atoms with E-state index < -0.39 is 0 Å². The van der Waals surface area contributed by atoms with Crippen molar-refractivity contribution in [1.29, 1.82) is 5.41 Å². The molecule has 0 amide bonds. The highest BCUT2D eigenvalue weighted by atomic mass is 16.5. The van der Waals surface area contributed by atoms with Crippen molar-refractivity contribution in [1.82, 2.24) is 0 Å². The number of hydrogen-bond donors (Lipinski definition) is 2. The molecule has 0 aliphatic heterocycles. The summed E-state index contributed by atoms with van der Waals surface area (Å²) in [5, 5.41) is 27.1. The third-order valence-corrected chi connectivity index (χ3v) is 1.97. The molecular weight excluding hydrogens is 180 g/mol. The fourth-order valence-electron chi connectivity index (χ4n) is 1.27. The first kappa shape index (κ1) is 10.7. The van der Waals surface area contributed by atoms with Crippen molar-refractivity contribution in [3.63, 3.8) is 0 Å². The molecule has 0 saturated carbocycles. The fourth-order valence-corrected chi connectivity index (χ4v) is 1.27. The Morgan fingerprint density at radius 2 is 2.14 bits per heavy atom. The van der Waals surface area contributed by atoms with E-state index >= 15 is 0 Å². The highest BCUT2D eigenvalue weighted by Crippen LogP contribution is 2.03. The molecule has 2 N–H and O–H groups in total. The lowest BCUT2D eigenvalue weighted by Crippen LogP contribution is -2.27. The van der Waals surface area contributed by atoms with Crippen LogP contribution in [0, 0.1) is 10.6 Å². The first-order valence-electron chi connectivity index (χ1n) is 4.54. The van der Waals surface area contributed by atoms with Crippen molar-refractivity contribution in [2.24, 2.45) is 0 Å². The lowest BCUT2D eigenvalue weighted by Gasteiger charge is -2.04. The predicted octanol–water partition coefficient (Wildman–Crippen LogP) is 0.437. The van der Waals surface area contributed by atoms with Gasteiger partial charge in [0.15, 0.2) is 12.4 Å². The van der Waals surface area contributed by atoms with Crippen molar-refractivity contribution in [2.45, 2.75) is 19.8 Å². The van der Waals surface area contributed by atoms with Gasteiger partial charge in [-0.2, -0.15) is 4.73 Å². The Hall–Kier alpha value is -1.42. The maximum Gasteiger partial charge on any atom is 0.183 e. The van der Waals surface area contributed by atoms with Crippen molar-refractivity contribution in [2.75, 3.05) is 6.61 Å². The van der Waals surface area contributed by atoms with E-state index in [-0.39, 0.29) is 12.3 Å². The van der Waals surface area contributed by atoms with Crippen LogP contribution < -0.4 is 4.73 Å². The average Bonchev–Trinajstić information content (AvgIpc) is 2.16. The predicted molar refractivity (Wildman–Crippen MR) is 53.3 cm³/mol. The second-order valence-corrected chi connectivity index (χ2v) is 3.20. The average molecular weight is 194 g/mol. The van der Waals surface area contributed by atoms with Crippen molar-refractivity contribution >= 4 is 5.71 Å². The highest BCUT2D eigenvalue weighted by molar-refractivity contribution is 5.84. The number of rotatable bonds is 4. The molecule has 14 heavy (non-hydrogen) atoms. The minimum Gasteiger partial charge on any atom is -0.619 e. The maximum absolute atomic E-state index is 11.1. The molecule has 1 aromatic heterocycles. The molecule has 0 atom stereocenters. The number of pyridine rings is 1. The van der Waals surface area contributed by atoms with E-state index in [0.29, 0.717) is 6.42 Å². The van der Waals surface area contributed by atoms with Gasteiger partial charge in [0.1, 0.15) is 0 Å². The van der Waals surface area contributed by atoms with Crippen molar-refractivity contribution < 1.29 is 9.84 Å². The van der Waals surface area contributed by atoms with Gasteiger partial charge in [0.05, 0.1) is 6.61 Å². The van der Waals surface area contributed by atoms with Crippen LogP contribution in [0.1, 0.15) is 18.1 Å². The number of aliphatic hydroxyl groups excluding tert-OH is 1. The Labute approximate surface area is 82.9 Å². The number of aliphatic hydroxyl groups is 1. The summed E-state index contributed by atoms with van der Waals surface area (Å²) in [7, 11) is 0. The largest absolute Gasteiger partial charge is 0.619 e. The Balaban J connectivity index is 2.86. The quantitative estimate of drug-likeness (QED) is 0.414. The highest BCUT2D eigenvalue weighted by Gasteiger charge is 2.04. The van der Waals surface area contributed by atoms with Gasteiger partial charge in [-0.25, -0.2) is 0 Å². The van der Waals surface area contributed by atoms with Crippen LogP contribution in [0.2, 0.25) is 0 Å². The maximum atomic E-state index is 11.1. The zero-order valence-electron chi connectivity index (χ0n) is 8.16. The second-order valence-electron chi connectivity index (χ2n) is 3.20. The zero-order chi connectivity index (χ0) is 10.6. The molecule has 1 rings (SSSR count). The number of aromatic nitrogens is 1. The Bertz CT molecular complexity index is 337. The Kier molecular flexibility index (Phi) is 3.59. The van der Waals surface area contributed by atoms with Gasteiger partial charge in [-0.15, -0.1) is 0 Å². The van der Waals surface area contributed by atoms with Crippen molar-refractivity contribution in [3.05, 3.63) is 34.8 Å². The minimum atomic E-state index is -0.255. The van der Waals surface area contributed by atoms with Crippen LogP contribution in [0.4, 0.5) is 0 Å². The van der Waals surface area contributed by atoms with Crippen molar-refractivity contribution in [3.8, 4) is 0 Å². The molecule has 0 radical (unpaired) electrons. The molecule has 4 nitrogen and oxygen atoms in total. The van der Waals surface area contributed by atoms with Gasteiger partial charge >= 0.3 is 0 Å².